The number of carbonyl (C=O) groups excluding carboxylic acids is 1. The molecule has 0 fully saturated rings. The Hall–Kier alpha value is -0.610. The summed E-state index contributed by atoms with van der Waals surface area (Å²) in [6.45, 7) is 2.10. The molecule has 3 N–H and O–H groups in total. The molecule has 0 aliphatic carbocycles. The van der Waals surface area contributed by atoms with E-state index in [0.717, 1.165) is 12.8 Å². The van der Waals surface area contributed by atoms with E-state index < -0.39 is 6.10 Å². The fourth-order valence-corrected chi connectivity index (χ4v) is 2.69. The van der Waals surface area contributed by atoms with Crippen LogP contribution in [0.2, 0.25) is 0 Å². The van der Waals surface area contributed by atoms with Crippen molar-refractivity contribution < 1.29 is 15.0 Å². The minimum atomic E-state index is -0.842. The van der Waals surface area contributed by atoms with Crippen molar-refractivity contribution in [2.45, 2.75) is 103 Å². The number of rotatable bonds is 17. The average molecular weight is 330 g/mol. The molecule has 1 atom stereocenters. The smallest absolute Gasteiger partial charge is 0.220 e. The van der Waals surface area contributed by atoms with Gasteiger partial charge in [0.2, 0.25) is 5.91 Å². The maximum Gasteiger partial charge on any atom is 0.220 e. The highest BCUT2D eigenvalue weighted by molar-refractivity contribution is 5.75. The lowest BCUT2D eigenvalue weighted by molar-refractivity contribution is -0.121. The molecule has 23 heavy (non-hydrogen) atoms. The fourth-order valence-electron chi connectivity index (χ4n) is 2.69. The minimum absolute atomic E-state index is 0.0272. The molecule has 0 saturated heterocycles. The topological polar surface area (TPSA) is 69.6 Å². The minimum Gasteiger partial charge on any atom is -0.394 e. The molecule has 0 aliphatic heterocycles. The summed E-state index contributed by atoms with van der Waals surface area (Å²) in [7, 11) is 0. The van der Waals surface area contributed by atoms with E-state index in [1.807, 2.05) is 0 Å². The van der Waals surface area contributed by atoms with E-state index >= 15 is 0 Å². The van der Waals surface area contributed by atoms with Crippen molar-refractivity contribution in [3.63, 3.8) is 0 Å². The lowest BCUT2D eigenvalue weighted by Crippen LogP contribution is -2.33. The van der Waals surface area contributed by atoms with Crippen LogP contribution >= 0.6 is 0 Å². The average Bonchev–Trinajstić information content (AvgIpc) is 2.56. The van der Waals surface area contributed by atoms with E-state index in [0.29, 0.717) is 6.42 Å². The second kappa shape index (κ2) is 17.7. The fraction of sp³-hybridized carbons (Fsp3) is 0.947. The molecular formula is C19H39NO3. The largest absolute Gasteiger partial charge is 0.394 e. The third-order valence-electron chi connectivity index (χ3n) is 4.25. The maximum absolute atomic E-state index is 11.5. The van der Waals surface area contributed by atoms with Gasteiger partial charge in [-0.1, -0.05) is 84.0 Å². The van der Waals surface area contributed by atoms with Gasteiger partial charge >= 0.3 is 0 Å². The van der Waals surface area contributed by atoms with Gasteiger partial charge in [-0.05, 0) is 6.42 Å². The van der Waals surface area contributed by atoms with Crippen LogP contribution in [0.3, 0.4) is 0 Å². The summed E-state index contributed by atoms with van der Waals surface area (Å²) in [4.78, 5) is 11.5. The summed E-state index contributed by atoms with van der Waals surface area (Å²) in [5, 5.41) is 20.4. The van der Waals surface area contributed by atoms with Gasteiger partial charge in [-0.3, -0.25) is 4.79 Å². The van der Waals surface area contributed by atoms with Crippen LogP contribution in [0, 0.1) is 0 Å². The summed E-state index contributed by atoms with van der Waals surface area (Å²) in [6.07, 6.45) is 16.6. The number of nitrogens with one attached hydrogen (secondary N) is 1. The zero-order valence-corrected chi connectivity index (χ0v) is 15.2. The van der Waals surface area contributed by atoms with E-state index in [1.54, 1.807) is 0 Å². The molecule has 0 rings (SSSR count). The molecule has 0 saturated carbocycles. The summed E-state index contributed by atoms with van der Waals surface area (Å²) in [5.74, 6) is -0.0272. The summed E-state index contributed by atoms with van der Waals surface area (Å²) < 4.78 is 0. The van der Waals surface area contributed by atoms with Crippen LogP contribution in [0.25, 0.3) is 0 Å². The molecule has 0 aromatic heterocycles. The molecule has 4 heteroatoms. The third kappa shape index (κ3) is 17.6. The van der Waals surface area contributed by atoms with Crippen LogP contribution in [0.1, 0.15) is 96.8 Å². The van der Waals surface area contributed by atoms with Gasteiger partial charge in [0.05, 0.1) is 12.7 Å². The Labute approximate surface area is 143 Å². The molecule has 0 aromatic rings. The molecule has 0 bridgehead atoms. The highest BCUT2D eigenvalue weighted by Crippen LogP contribution is 2.12. The first-order valence-electron chi connectivity index (χ1n) is 9.76. The Kier molecular flexibility index (Phi) is 17.3. The maximum atomic E-state index is 11.5. The van der Waals surface area contributed by atoms with Crippen molar-refractivity contribution in [2.24, 2.45) is 0 Å². The van der Waals surface area contributed by atoms with E-state index in [-0.39, 0.29) is 19.1 Å². The Morgan fingerprint density at radius 3 is 1.70 bits per heavy atom. The molecule has 0 spiro atoms. The number of hydrogen-bond acceptors (Lipinski definition) is 3. The van der Waals surface area contributed by atoms with Crippen LogP contribution in [0.4, 0.5) is 0 Å². The molecule has 1 amide bonds. The summed E-state index contributed by atoms with van der Waals surface area (Å²) >= 11 is 0. The highest BCUT2D eigenvalue weighted by Gasteiger charge is 2.05. The number of carbonyl (C=O) groups is 1. The number of aliphatic hydroxyl groups excluding tert-OH is 2. The van der Waals surface area contributed by atoms with Crippen LogP contribution in [-0.2, 0) is 4.79 Å². The van der Waals surface area contributed by atoms with Crippen molar-refractivity contribution in [3.05, 3.63) is 0 Å². The Bertz CT molecular complexity index is 259. The Balaban J connectivity index is 3.14. The molecule has 0 aromatic carbocycles. The van der Waals surface area contributed by atoms with Crippen LogP contribution < -0.4 is 5.32 Å². The number of unbranched alkanes of at least 4 members (excludes halogenated alkanes) is 12. The first kappa shape index (κ1) is 22.4. The van der Waals surface area contributed by atoms with Crippen LogP contribution in [0.15, 0.2) is 0 Å². The molecule has 138 valence electrons. The molecular weight excluding hydrogens is 290 g/mol. The van der Waals surface area contributed by atoms with Gasteiger partial charge in [-0.25, -0.2) is 0 Å². The summed E-state index contributed by atoms with van der Waals surface area (Å²) in [5.41, 5.74) is 0. The van der Waals surface area contributed by atoms with Gasteiger partial charge in [0.25, 0.3) is 0 Å². The van der Waals surface area contributed by atoms with E-state index in [1.165, 1.54) is 70.6 Å². The van der Waals surface area contributed by atoms with Gasteiger partial charge in [0.15, 0.2) is 0 Å². The Morgan fingerprint density at radius 2 is 1.26 bits per heavy atom. The lowest BCUT2D eigenvalue weighted by Gasteiger charge is -2.08. The predicted octanol–water partition coefficient (Wildman–Crippen LogP) is 3.94. The van der Waals surface area contributed by atoms with Gasteiger partial charge < -0.3 is 15.5 Å². The zero-order chi connectivity index (χ0) is 17.2. The summed E-state index contributed by atoms with van der Waals surface area (Å²) in [6, 6.07) is 0. The van der Waals surface area contributed by atoms with Crippen molar-refractivity contribution >= 4 is 5.91 Å². The monoisotopic (exact) mass is 329 g/mol. The number of aliphatic hydroxyl groups is 2. The van der Waals surface area contributed by atoms with E-state index in [9.17, 15) is 4.79 Å². The van der Waals surface area contributed by atoms with E-state index in [2.05, 4.69) is 12.2 Å². The number of hydrogen-bond donors (Lipinski definition) is 3. The number of amides is 1. The molecule has 0 aliphatic rings. The molecule has 4 nitrogen and oxygen atoms in total. The standard InChI is InChI=1S/C19H39NO3/c1-2-3-4-5-6-7-8-9-10-11-12-13-14-15-19(23)20-16-18(22)17-21/h18,21-22H,2-17H2,1H3,(H,20,23)/t18-/m0/s1. The van der Waals surface area contributed by atoms with Gasteiger partial charge in [-0.2, -0.15) is 0 Å². The quantitative estimate of drug-likeness (QED) is 0.354. The van der Waals surface area contributed by atoms with Gasteiger partial charge in [-0.15, -0.1) is 0 Å². The molecule has 0 radical (unpaired) electrons. The lowest BCUT2D eigenvalue weighted by atomic mass is 10.0. The van der Waals surface area contributed by atoms with Gasteiger partial charge in [0.1, 0.15) is 0 Å². The Morgan fingerprint density at radius 1 is 0.826 bits per heavy atom. The SMILES string of the molecule is CCCCCCCCCCCCCCCC(=O)NC[C@H](O)CO. The molecule has 0 unspecified atom stereocenters. The van der Waals surface area contributed by atoms with Crippen molar-refractivity contribution in [1.82, 2.24) is 5.32 Å². The van der Waals surface area contributed by atoms with Crippen molar-refractivity contribution in [3.8, 4) is 0 Å². The molecule has 0 heterocycles. The second-order valence-corrected chi connectivity index (χ2v) is 6.63. The van der Waals surface area contributed by atoms with Crippen molar-refractivity contribution in [1.29, 1.82) is 0 Å². The first-order chi connectivity index (χ1) is 11.2. The third-order valence-corrected chi connectivity index (χ3v) is 4.25. The normalized spacial score (nSPS) is 12.3. The first-order valence-corrected chi connectivity index (χ1v) is 9.76. The van der Waals surface area contributed by atoms with Crippen molar-refractivity contribution in [2.75, 3.05) is 13.2 Å². The zero-order valence-electron chi connectivity index (χ0n) is 15.2. The van der Waals surface area contributed by atoms with Crippen LogP contribution in [-0.4, -0.2) is 35.4 Å². The van der Waals surface area contributed by atoms with E-state index in [4.69, 9.17) is 10.2 Å². The second-order valence-electron chi connectivity index (χ2n) is 6.63. The van der Waals surface area contributed by atoms with Gasteiger partial charge in [0, 0.05) is 13.0 Å². The van der Waals surface area contributed by atoms with Crippen LogP contribution in [0.5, 0.6) is 0 Å². The predicted molar refractivity (Wildman–Crippen MR) is 96.4 cm³/mol. The highest BCUT2D eigenvalue weighted by atomic mass is 16.3.